The first kappa shape index (κ1) is 15.4. The molecule has 1 N–H and O–H groups in total. The van der Waals surface area contributed by atoms with E-state index in [-0.39, 0.29) is 12.5 Å². The summed E-state index contributed by atoms with van der Waals surface area (Å²) < 4.78 is 11.1. The molecule has 4 rings (SSSR count). The molecule has 1 fully saturated rings. The molecule has 3 heterocycles. The number of carbonyl (C=O) groups is 1. The second kappa shape index (κ2) is 5.75. The SMILES string of the molecule is COc1ccc2c(c1)OC[C@]1(C(=O)O)CN(Cc3cscn3)C[C@H]21. The highest BCUT2D eigenvalue weighted by Gasteiger charge is 2.56. The van der Waals surface area contributed by atoms with Crippen LogP contribution in [0, 0.1) is 5.41 Å². The predicted octanol–water partition coefficient (Wildman–Crippen LogP) is 2.21. The molecule has 0 aliphatic carbocycles. The topological polar surface area (TPSA) is 71.9 Å². The van der Waals surface area contributed by atoms with Crippen LogP contribution in [0.2, 0.25) is 0 Å². The molecule has 0 spiro atoms. The molecule has 6 nitrogen and oxygen atoms in total. The van der Waals surface area contributed by atoms with Gasteiger partial charge in [0.1, 0.15) is 23.5 Å². The molecule has 2 aliphatic heterocycles. The van der Waals surface area contributed by atoms with Gasteiger partial charge in [0, 0.05) is 42.6 Å². The van der Waals surface area contributed by atoms with E-state index in [4.69, 9.17) is 9.47 Å². The second-order valence-electron chi connectivity index (χ2n) is 6.36. The third-order valence-electron chi connectivity index (χ3n) is 4.99. The van der Waals surface area contributed by atoms with Crippen LogP contribution in [0.15, 0.2) is 29.1 Å². The maximum absolute atomic E-state index is 12.1. The molecule has 126 valence electrons. The average Bonchev–Trinajstić information content (AvgIpc) is 3.22. The number of methoxy groups -OCH3 is 1. The highest BCUT2D eigenvalue weighted by Crippen LogP contribution is 2.50. The summed E-state index contributed by atoms with van der Waals surface area (Å²) in [6.45, 7) is 2.00. The van der Waals surface area contributed by atoms with Crippen molar-refractivity contribution in [1.29, 1.82) is 0 Å². The average molecular weight is 346 g/mol. The van der Waals surface area contributed by atoms with Crippen molar-refractivity contribution in [2.75, 3.05) is 26.8 Å². The van der Waals surface area contributed by atoms with Gasteiger partial charge in [0.15, 0.2) is 0 Å². The van der Waals surface area contributed by atoms with Crippen LogP contribution >= 0.6 is 11.3 Å². The van der Waals surface area contributed by atoms with Crippen molar-refractivity contribution in [3.63, 3.8) is 0 Å². The molecule has 24 heavy (non-hydrogen) atoms. The van der Waals surface area contributed by atoms with Gasteiger partial charge >= 0.3 is 5.97 Å². The maximum atomic E-state index is 12.1. The number of hydrogen-bond donors (Lipinski definition) is 1. The van der Waals surface area contributed by atoms with E-state index in [1.807, 2.05) is 23.6 Å². The van der Waals surface area contributed by atoms with Crippen LogP contribution in [0.3, 0.4) is 0 Å². The molecule has 0 saturated carbocycles. The number of rotatable bonds is 4. The summed E-state index contributed by atoms with van der Waals surface area (Å²) in [6.07, 6.45) is 0. The number of likely N-dealkylation sites (tertiary alicyclic amines) is 1. The molecule has 2 aromatic rings. The standard InChI is InChI=1S/C17H18N2O4S/c1-22-12-2-3-13-14-6-19(5-11-7-24-10-18-11)8-17(14,16(20)21)9-23-15(13)4-12/h2-4,7,10,14H,5-6,8-9H2,1H3,(H,20,21)/t14-,17-/m1/s1. The zero-order valence-electron chi connectivity index (χ0n) is 13.3. The Morgan fingerprint density at radius 3 is 3.17 bits per heavy atom. The first-order chi connectivity index (χ1) is 11.6. The van der Waals surface area contributed by atoms with E-state index in [9.17, 15) is 9.90 Å². The molecule has 1 saturated heterocycles. The minimum atomic E-state index is -0.905. The molecule has 0 unspecified atom stereocenters. The van der Waals surface area contributed by atoms with Gasteiger partial charge in [-0.15, -0.1) is 11.3 Å². The van der Waals surface area contributed by atoms with Gasteiger partial charge in [0.25, 0.3) is 0 Å². The molecule has 0 radical (unpaired) electrons. The summed E-state index contributed by atoms with van der Waals surface area (Å²) in [6, 6.07) is 5.63. The van der Waals surface area contributed by atoms with Crippen molar-refractivity contribution in [1.82, 2.24) is 9.88 Å². The fourth-order valence-electron chi connectivity index (χ4n) is 3.75. The number of hydrogen-bond acceptors (Lipinski definition) is 6. The van der Waals surface area contributed by atoms with Crippen LogP contribution in [0.25, 0.3) is 0 Å². The molecular formula is C17H18N2O4S. The Kier molecular flexibility index (Phi) is 3.69. The number of thiazole rings is 1. The Morgan fingerprint density at radius 1 is 1.58 bits per heavy atom. The van der Waals surface area contributed by atoms with Crippen LogP contribution in [0.4, 0.5) is 0 Å². The summed E-state index contributed by atoms with van der Waals surface area (Å²) >= 11 is 1.55. The Hall–Kier alpha value is -2.12. The summed E-state index contributed by atoms with van der Waals surface area (Å²) in [5.41, 5.74) is 2.83. The van der Waals surface area contributed by atoms with Gasteiger partial charge in [0.05, 0.1) is 18.3 Å². The van der Waals surface area contributed by atoms with E-state index in [1.54, 1.807) is 24.0 Å². The molecule has 2 atom stereocenters. The lowest BCUT2D eigenvalue weighted by atomic mass is 9.73. The van der Waals surface area contributed by atoms with Crippen molar-refractivity contribution in [2.45, 2.75) is 12.5 Å². The van der Waals surface area contributed by atoms with Crippen molar-refractivity contribution in [2.24, 2.45) is 5.41 Å². The number of aliphatic carboxylic acids is 1. The van der Waals surface area contributed by atoms with E-state index in [2.05, 4.69) is 9.88 Å². The van der Waals surface area contributed by atoms with E-state index in [0.717, 1.165) is 17.0 Å². The van der Waals surface area contributed by atoms with Gasteiger partial charge in [-0.05, 0) is 6.07 Å². The number of aromatic nitrogens is 1. The van der Waals surface area contributed by atoms with Gasteiger partial charge < -0.3 is 14.6 Å². The summed E-state index contributed by atoms with van der Waals surface area (Å²) in [5.74, 6) is 0.554. The van der Waals surface area contributed by atoms with E-state index in [1.165, 1.54) is 0 Å². The summed E-state index contributed by atoms with van der Waals surface area (Å²) in [7, 11) is 1.61. The lowest BCUT2D eigenvalue weighted by Gasteiger charge is -2.36. The molecule has 0 bridgehead atoms. The zero-order valence-corrected chi connectivity index (χ0v) is 14.1. The fraction of sp³-hybridized carbons (Fsp3) is 0.412. The van der Waals surface area contributed by atoms with Gasteiger partial charge in [0.2, 0.25) is 0 Å². The predicted molar refractivity (Wildman–Crippen MR) is 88.7 cm³/mol. The Labute approximate surface area is 143 Å². The minimum absolute atomic E-state index is 0.0942. The first-order valence-electron chi connectivity index (χ1n) is 7.76. The third kappa shape index (κ3) is 2.35. The Bertz CT molecular complexity index is 764. The summed E-state index contributed by atoms with van der Waals surface area (Å²) in [5, 5.41) is 11.9. The third-order valence-corrected chi connectivity index (χ3v) is 5.63. The monoisotopic (exact) mass is 346 g/mol. The number of carboxylic acids is 1. The van der Waals surface area contributed by atoms with Crippen LogP contribution in [-0.2, 0) is 11.3 Å². The Morgan fingerprint density at radius 2 is 2.46 bits per heavy atom. The number of fused-ring (bicyclic) bond motifs is 3. The van der Waals surface area contributed by atoms with Crippen LogP contribution < -0.4 is 9.47 Å². The number of benzene rings is 1. The van der Waals surface area contributed by atoms with Gasteiger partial charge in [-0.25, -0.2) is 4.98 Å². The van der Waals surface area contributed by atoms with Crippen molar-refractivity contribution >= 4 is 17.3 Å². The van der Waals surface area contributed by atoms with Crippen LogP contribution in [-0.4, -0.2) is 47.8 Å². The molecule has 1 aromatic heterocycles. The van der Waals surface area contributed by atoms with E-state index >= 15 is 0 Å². The molecular weight excluding hydrogens is 328 g/mol. The van der Waals surface area contributed by atoms with Gasteiger partial charge in [-0.2, -0.15) is 0 Å². The van der Waals surface area contributed by atoms with E-state index in [0.29, 0.717) is 25.4 Å². The van der Waals surface area contributed by atoms with Crippen LogP contribution in [0.5, 0.6) is 11.5 Å². The molecule has 0 amide bonds. The summed E-state index contributed by atoms with van der Waals surface area (Å²) in [4.78, 5) is 18.6. The minimum Gasteiger partial charge on any atom is -0.497 e. The van der Waals surface area contributed by atoms with Gasteiger partial charge in [-0.3, -0.25) is 9.69 Å². The fourth-order valence-corrected chi connectivity index (χ4v) is 4.30. The second-order valence-corrected chi connectivity index (χ2v) is 7.07. The highest BCUT2D eigenvalue weighted by atomic mass is 32.1. The lowest BCUT2D eigenvalue weighted by Crippen LogP contribution is -2.45. The smallest absolute Gasteiger partial charge is 0.315 e. The van der Waals surface area contributed by atoms with Crippen molar-refractivity contribution < 1.29 is 19.4 Å². The van der Waals surface area contributed by atoms with Crippen LogP contribution in [0.1, 0.15) is 17.2 Å². The normalized spacial score (nSPS) is 25.6. The maximum Gasteiger partial charge on any atom is 0.315 e. The number of carboxylic acid groups (broad SMARTS) is 1. The molecule has 7 heteroatoms. The molecule has 2 aliphatic rings. The lowest BCUT2D eigenvalue weighted by molar-refractivity contribution is -0.151. The van der Waals surface area contributed by atoms with Crippen molar-refractivity contribution in [3.05, 3.63) is 40.3 Å². The molecule has 1 aromatic carbocycles. The van der Waals surface area contributed by atoms with Gasteiger partial charge in [-0.1, -0.05) is 6.07 Å². The quantitative estimate of drug-likeness (QED) is 0.915. The highest BCUT2D eigenvalue weighted by molar-refractivity contribution is 7.07. The number of ether oxygens (including phenoxy) is 2. The number of nitrogens with zero attached hydrogens (tertiary/aromatic N) is 2. The zero-order chi connectivity index (χ0) is 16.7. The Balaban J connectivity index is 1.68. The van der Waals surface area contributed by atoms with Crippen molar-refractivity contribution in [3.8, 4) is 11.5 Å². The largest absolute Gasteiger partial charge is 0.497 e. The van der Waals surface area contributed by atoms with E-state index < -0.39 is 11.4 Å². The first-order valence-corrected chi connectivity index (χ1v) is 8.70.